The molecule has 154 valence electrons. The summed E-state index contributed by atoms with van der Waals surface area (Å²) >= 11 is 0. The number of fused-ring (bicyclic) bond motifs is 1. The van der Waals surface area contributed by atoms with Crippen molar-refractivity contribution in [1.29, 1.82) is 0 Å². The minimum atomic E-state index is 0.632. The van der Waals surface area contributed by atoms with Crippen LogP contribution >= 0.6 is 0 Å². The van der Waals surface area contributed by atoms with Crippen molar-refractivity contribution >= 4 is 11.0 Å². The largest absolute Gasteiger partial charge is 0.346 e. The van der Waals surface area contributed by atoms with Gasteiger partial charge >= 0.3 is 0 Å². The van der Waals surface area contributed by atoms with Gasteiger partial charge in [0, 0.05) is 73.4 Å². The smallest absolute Gasteiger partial charge is 0.137 e. The van der Waals surface area contributed by atoms with Gasteiger partial charge in [0.05, 0.1) is 6.20 Å². The Bertz CT molecular complexity index is 928. The Morgan fingerprint density at radius 3 is 2.48 bits per heavy atom. The van der Waals surface area contributed by atoms with Crippen molar-refractivity contribution in [2.45, 2.75) is 57.5 Å². The first-order valence-corrected chi connectivity index (χ1v) is 11.1. The normalized spacial score (nSPS) is 24.5. The van der Waals surface area contributed by atoms with Crippen LogP contribution < -0.4 is 0 Å². The van der Waals surface area contributed by atoms with E-state index in [1.54, 1.807) is 0 Å². The lowest BCUT2D eigenvalue weighted by atomic mass is 9.81. The number of pyridine rings is 1. The zero-order chi connectivity index (χ0) is 19.8. The van der Waals surface area contributed by atoms with Crippen LogP contribution in [0.3, 0.4) is 0 Å². The molecular weight excluding hydrogens is 360 g/mol. The summed E-state index contributed by atoms with van der Waals surface area (Å²) < 4.78 is 0. The van der Waals surface area contributed by atoms with E-state index >= 15 is 0 Å². The highest BCUT2D eigenvalue weighted by Crippen LogP contribution is 2.37. The van der Waals surface area contributed by atoms with Crippen LogP contribution in [0.4, 0.5) is 0 Å². The second-order valence-electron chi connectivity index (χ2n) is 9.03. The molecule has 0 aromatic carbocycles. The van der Waals surface area contributed by atoms with Gasteiger partial charge in [-0.05, 0) is 57.1 Å². The molecule has 6 nitrogen and oxygen atoms in total. The van der Waals surface area contributed by atoms with E-state index in [0.29, 0.717) is 12.0 Å². The molecule has 0 spiro atoms. The molecule has 1 saturated carbocycles. The van der Waals surface area contributed by atoms with Gasteiger partial charge in [0.15, 0.2) is 0 Å². The van der Waals surface area contributed by atoms with E-state index in [1.807, 2.05) is 18.6 Å². The van der Waals surface area contributed by atoms with E-state index in [2.05, 4.69) is 51.1 Å². The summed E-state index contributed by atoms with van der Waals surface area (Å²) in [5.41, 5.74) is 4.64. The van der Waals surface area contributed by atoms with Crippen LogP contribution in [0.2, 0.25) is 0 Å². The van der Waals surface area contributed by atoms with Crippen molar-refractivity contribution in [2.75, 3.05) is 26.2 Å². The van der Waals surface area contributed by atoms with Gasteiger partial charge < -0.3 is 4.98 Å². The third kappa shape index (κ3) is 3.71. The van der Waals surface area contributed by atoms with Gasteiger partial charge in [-0.1, -0.05) is 0 Å². The Balaban J connectivity index is 1.25. The van der Waals surface area contributed by atoms with Crippen LogP contribution in [0.15, 0.2) is 30.9 Å². The number of nitrogens with zero attached hydrogens (tertiary/aromatic N) is 4. The molecule has 1 saturated heterocycles. The summed E-state index contributed by atoms with van der Waals surface area (Å²) in [6, 6.07) is 3.80. The average molecular weight is 393 g/mol. The maximum absolute atomic E-state index is 4.72. The van der Waals surface area contributed by atoms with Gasteiger partial charge in [-0.15, -0.1) is 0 Å². The molecule has 0 atom stereocenters. The van der Waals surface area contributed by atoms with Crippen molar-refractivity contribution < 1.29 is 0 Å². The summed E-state index contributed by atoms with van der Waals surface area (Å²) in [4.78, 5) is 13.4. The van der Waals surface area contributed by atoms with Crippen molar-refractivity contribution in [3.8, 4) is 11.1 Å². The lowest BCUT2D eigenvalue weighted by molar-refractivity contribution is 0.0620. The number of nitrogens with one attached hydrogen (secondary N) is 2. The first kappa shape index (κ1) is 18.8. The zero-order valence-electron chi connectivity index (χ0n) is 17.6. The Morgan fingerprint density at radius 1 is 1.00 bits per heavy atom. The summed E-state index contributed by atoms with van der Waals surface area (Å²) in [5, 5.41) is 8.22. The molecule has 0 amide bonds. The molecule has 2 N–H and O–H groups in total. The van der Waals surface area contributed by atoms with Crippen molar-refractivity contribution in [2.24, 2.45) is 0 Å². The zero-order valence-corrected chi connectivity index (χ0v) is 17.6. The molecule has 3 aromatic heterocycles. The van der Waals surface area contributed by atoms with Crippen molar-refractivity contribution in [1.82, 2.24) is 30.0 Å². The van der Waals surface area contributed by atoms with E-state index in [9.17, 15) is 0 Å². The maximum Gasteiger partial charge on any atom is 0.137 e. The number of aromatic amines is 2. The molecule has 2 fully saturated rings. The summed E-state index contributed by atoms with van der Waals surface area (Å²) in [6.45, 7) is 9.55. The van der Waals surface area contributed by atoms with Crippen LogP contribution in [0, 0.1) is 0 Å². The molecule has 1 aliphatic carbocycles. The molecular formula is C23H32N6. The minimum absolute atomic E-state index is 0.632. The van der Waals surface area contributed by atoms with Gasteiger partial charge in [0.1, 0.15) is 5.65 Å². The fourth-order valence-corrected chi connectivity index (χ4v) is 5.27. The third-order valence-corrected chi connectivity index (χ3v) is 7.13. The first-order chi connectivity index (χ1) is 14.2. The van der Waals surface area contributed by atoms with Crippen LogP contribution in [0.1, 0.15) is 51.0 Å². The molecule has 4 heterocycles. The molecule has 0 unspecified atom stereocenters. The summed E-state index contributed by atoms with van der Waals surface area (Å²) in [6.07, 6.45) is 13.1. The summed E-state index contributed by atoms with van der Waals surface area (Å²) in [7, 11) is 0. The van der Waals surface area contributed by atoms with Gasteiger partial charge in [-0.3, -0.25) is 14.9 Å². The minimum Gasteiger partial charge on any atom is -0.346 e. The maximum atomic E-state index is 4.72. The fourth-order valence-electron chi connectivity index (χ4n) is 5.27. The van der Waals surface area contributed by atoms with Crippen molar-refractivity contribution in [3.05, 3.63) is 36.4 Å². The number of H-pyrrole nitrogens is 2. The molecule has 0 radical (unpaired) electrons. The van der Waals surface area contributed by atoms with Crippen LogP contribution in [-0.2, 0) is 0 Å². The fraction of sp³-hybridized carbons (Fsp3) is 0.565. The number of aromatic nitrogens is 4. The lowest BCUT2D eigenvalue weighted by Crippen LogP contribution is -2.52. The molecule has 0 bridgehead atoms. The standard InChI is InChI=1S/C23H32N6/c1-16(2)28-7-9-29(10-8-28)20-5-3-17(4-6-20)18-11-21-22(19-13-26-27-14-19)15-25-23(21)24-12-18/h11-17,20H,3-10H2,1-2H3,(H,24,25)(H,26,27). The Kier molecular flexibility index (Phi) is 5.14. The molecule has 6 heteroatoms. The second kappa shape index (κ2) is 7.92. The number of piperazine rings is 1. The molecule has 5 rings (SSSR count). The predicted molar refractivity (Wildman–Crippen MR) is 117 cm³/mol. The van der Waals surface area contributed by atoms with E-state index in [-0.39, 0.29) is 0 Å². The van der Waals surface area contributed by atoms with E-state index < -0.39 is 0 Å². The van der Waals surface area contributed by atoms with Crippen LogP contribution in [-0.4, -0.2) is 68.2 Å². The first-order valence-electron chi connectivity index (χ1n) is 11.1. The molecule has 29 heavy (non-hydrogen) atoms. The third-order valence-electron chi connectivity index (χ3n) is 7.13. The quantitative estimate of drug-likeness (QED) is 0.704. The average Bonchev–Trinajstić information content (AvgIpc) is 3.43. The second-order valence-corrected chi connectivity index (χ2v) is 9.03. The van der Waals surface area contributed by atoms with Crippen LogP contribution in [0.25, 0.3) is 22.2 Å². The number of hydrogen-bond donors (Lipinski definition) is 2. The Hall–Kier alpha value is -2.18. The Morgan fingerprint density at radius 2 is 1.79 bits per heavy atom. The predicted octanol–water partition coefficient (Wildman–Crippen LogP) is 4.01. The Labute approximate surface area is 172 Å². The summed E-state index contributed by atoms with van der Waals surface area (Å²) in [5.74, 6) is 0.632. The highest BCUT2D eigenvalue weighted by molar-refractivity contribution is 5.93. The number of hydrogen-bond acceptors (Lipinski definition) is 4. The van der Waals surface area contributed by atoms with Crippen molar-refractivity contribution in [3.63, 3.8) is 0 Å². The highest BCUT2D eigenvalue weighted by atomic mass is 15.3. The van der Waals surface area contributed by atoms with E-state index in [4.69, 9.17) is 4.98 Å². The monoisotopic (exact) mass is 392 g/mol. The topological polar surface area (TPSA) is 63.8 Å². The van der Waals surface area contributed by atoms with Crippen LogP contribution in [0.5, 0.6) is 0 Å². The van der Waals surface area contributed by atoms with Gasteiger partial charge in [-0.25, -0.2) is 4.98 Å². The lowest BCUT2D eigenvalue weighted by Gasteiger charge is -2.43. The SMILES string of the molecule is CC(C)N1CCN(C2CCC(c3cnc4[nH]cc(-c5cn[nH]c5)c4c3)CC2)CC1. The van der Waals surface area contributed by atoms with Gasteiger partial charge in [0.2, 0.25) is 0 Å². The molecule has 3 aromatic rings. The van der Waals surface area contributed by atoms with Gasteiger partial charge in [-0.2, -0.15) is 5.10 Å². The van der Waals surface area contributed by atoms with Gasteiger partial charge in [0.25, 0.3) is 0 Å². The highest BCUT2D eigenvalue weighted by Gasteiger charge is 2.29. The molecule has 1 aliphatic heterocycles. The van der Waals surface area contributed by atoms with E-state index in [0.717, 1.165) is 17.3 Å². The van der Waals surface area contributed by atoms with E-state index in [1.165, 1.54) is 68.4 Å². The number of rotatable bonds is 4. The molecule has 2 aliphatic rings.